The van der Waals surface area contributed by atoms with E-state index in [4.69, 9.17) is 4.52 Å². The quantitative estimate of drug-likeness (QED) is 0.887. The van der Waals surface area contributed by atoms with Crippen LogP contribution in [0, 0.1) is 12.7 Å². The molecule has 1 heterocycles. The van der Waals surface area contributed by atoms with E-state index in [-0.39, 0.29) is 11.8 Å². The molecule has 1 aromatic carbocycles. The number of nitrogens with one attached hydrogen (secondary N) is 2. The number of carbonyl (C=O) groups excluding carboxylic acids is 1. The van der Waals surface area contributed by atoms with Crippen LogP contribution in [-0.4, -0.2) is 11.2 Å². The predicted octanol–water partition coefficient (Wildman–Crippen LogP) is 2.12. The molecule has 0 fully saturated rings. The van der Waals surface area contributed by atoms with Crippen LogP contribution in [0.3, 0.4) is 0 Å². The fraction of sp³-hybridized carbons (Fsp3) is 0.231. The normalized spacial score (nSPS) is 10.2. The van der Waals surface area contributed by atoms with Gasteiger partial charge < -0.3 is 15.2 Å². The van der Waals surface area contributed by atoms with E-state index in [2.05, 4.69) is 15.8 Å². The van der Waals surface area contributed by atoms with E-state index >= 15 is 0 Å². The van der Waals surface area contributed by atoms with Crippen LogP contribution in [0.5, 0.6) is 0 Å². The lowest BCUT2D eigenvalue weighted by atomic mass is 10.2. The van der Waals surface area contributed by atoms with E-state index in [1.54, 1.807) is 25.1 Å². The number of aromatic nitrogens is 1. The van der Waals surface area contributed by atoms with Crippen molar-refractivity contribution in [3.63, 3.8) is 0 Å². The third-order valence-corrected chi connectivity index (χ3v) is 2.47. The first-order valence-corrected chi connectivity index (χ1v) is 5.82. The first-order chi connectivity index (χ1) is 9.13. The molecule has 2 rings (SSSR count). The molecule has 0 bridgehead atoms. The van der Waals surface area contributed by atoms with Crippen molar-refractivity contribution in [3.05, 3.63) is 53.2 Å². The number of aryl methyl sites for hydroxylation is 1. The summed E-state index contributed by atoms with van der Waals surface area (Å²) in [4.78, 5) is 11.5. The Hall–Kier alpha value is -2.37. The van der Waals surface area contributed by atoms with Gasteiger partial charge in [-0.15, -0.1) is 0 Å². The van der Waals surface area contributed by atoms with Gasteiger partial charge in [-0.1, -0.05) is 17.3 Å². The highest BCUT2D eigenvalue weighted by atomic mass is 19.1. The number of amides is 2. The molecule has 0 atom stereocenters. The van der Waals surface area contributed by atoms with Gasteiger partial charge in [-0.25, -0.2) is 9.18 Å². The number of carbonyl (C=O) groups is 1. The van der Waals surface area contributed by atoms with Crippen LogP contribution in [-0.2, 0) is 13.1 Å². The minimum absolute atomic E-state index is 0.297. The fourth-order valence-electron chi connectivity index (χ4n) is 1.52. The fourth-order valence-corrected chi connectivity index (χ4v) is 1.52. The first kappa shape index (κ1) is 13.1. The average Bonchev–Trinajstić information content (AvgIpc) is 2.81. The lowest BCUT2D eigenvalue weighted by molar-refractivity contribution is 0.240. The van der Waals surface area contributed by atoms with E-state index in [1.165, 1.54) is 12.1 Å². The number of urea groups is 1. The maximum absolute atomic E-state index is 12.7. The molecule has 0 unspecified atom stereocenters. The molecule has 0 spiro atoms. The molecule has 2 amide bonds. The van der Waals surface area contributed by atoms with E-state index in [9.17, 15) is 9.18 Å². The summed E-state index contributed by atoms with van der Waals surface area (Å²) in [6.07, 6.45) is 0. The summed E-state index contributed by atoms with van der Waals surface area (Å²) < 4.78 is 17.6. The van der Waals surface area contributed by atoms with E-state index in [0.717, 1.165) is 5.56 Å². The summed E-state index contributed by atoms with van der Waals surface area (Å²) >= 11 is 0. The molecule has 100 valence electrons. The van der Waals surface area contributed by atoms with Crippen molar-refractivity contribution >= 4 is 6.03 Å². The third-order valence-electron chi connectivity index (χ3n) is 2.47. The Labute approximate surface area is 109 Å². The summed E-state index contributed by atoms with van der Waals surface area (Å²) in [7, 11) is 0. The molecule has 0 aliphatic rings. The Kier molecular flexibility index (Phi) is 4.12. The zero-order chi connectivity index (χ0) is 13.7. The highest BCUT2D eigenvalue weighted by molar-refractivity contribution is 5.73. The Morgan fingerprint density at radius 3 is 2.58 bits per heavy atom. The third kappa shape index (κ3) is 4.09. The van der Waals surface area contributed by atoms with Crippen molar-refractivity contribution in [2.24, 2.45) is 0 Å². The maximum atomic E-state index is 12.7. The largest absolute Gasteiger partial charge is 0.361 e. The van der Waals surface area contributed by atoms with Gasteiger partial charge in [-0.3, -0.25) is 0 Å². The van der Waals surface area contributed by atoms with Crippen LogP contribution in [0.15, 0.2) is 34.9 Å². The second-order valence-electron chi connectivity index (χ2n) is 4.09. The Balaban J connectivity index is 1.74. The van der Waals surface area contributed by atoms with E-state index < -0.39 is 0 Å². The average molecular weight is 263 g/mol. The van der Waals surface area contributed by atoms with Crippen molar-refractivity contribution in [1.29, 1.82) is 0 Å². The lowest BCUT2D eigenvalue weighted by Gasteiger charge is -2.06. The smallest absolute Gasteiger partial charge is 0.315 e. The summed E-state index contributed by atoms with van der Waals surface area (Å²) in [5.74, 6) is 0.401. The monoisotopic (exact) mass is 263 g/mol. The highest BCUT2D eigenvalue weighted by Crippen LogP contribution is 2.02. The van der Waals surface area contributed by atoms with Gasteiger partial charge in [0.05, 0.1) is 6.54 Å². The van der Waals surface area contributed by atoms with Crippen LogP contribution in [0.4, 0.5) is 9.18 Å². The van der Waals surface area contributed by atoms with E-state index in [0.29, 0.717) is 24.5 Å². The molecule has 0 aliphatic carbocycles. The van der Waals surface area contributed by atoms with Gasteiger partial charge in [-0.05, 0) is 24.6 Å². The van der Waals surface area contributed by atoms with Crippen molar-refractivity contribution in [1.82, 2.24) is 15.8 Å². The summed E-state index contributed by atoms with van der Waals surface area (Å²) in [6.45, 7) is 2.42. The minimum atomic E-state index is -0.315. The molecule has 5 nitrogen and oxygen atoms in total. The SMILES string of the molecule is Cc1cc(CNC(=O)NCc2ccc(F)cc2)no1. The van der Waals surface area contributed by atoms with Crippen LogP contribution >= 0.6 is 0 Å². The lowest BCUT2D eigenvalue weighted by Crippen LogP contribution is -2.34. The zero-order valence-corrected chi connectivity index (χ0v) is 10.4. The summed E-state index contributed by atoms with van der Waals surface area (Å²) in [5.41, 5.74) is 1.49. The maximum Gasteiger partial charge on any atom is 0.315 e. The summed E-state index contributed by atoms with van der Waals surface area (Å²) in [6, 6.07) is 7.39. The van der Waals surface area contributed by atoms with Crippen molar-refractivity contribution < 1.29 is 13.7 Å². The minimum Gasteiger partial charge on any atom is -0.361 e. The predicted molar refractivity (Wildman–Crippen MR) is 66.7 cm³/mol. The molecule has 0 saturated carbocycles. The zero-order valence-electron chi connectivity index (χ0n) is 10.4. The van der Waals surface area contributed by atoms with E-state index in [1.807, 2.05) is 0 Å². The summed E-state index contributed by atoms with van der Waals surface area (Å²) in [5, 5.41) is 9.07. The van der Waals surface area contributed by atoms with Gasteiger partial charge in [0.2, 0.25) is 0 Å². The number of benzene rings is 1. The highest BCUT2D eigenvalue weighted by Gasteiger charge is 2.04. The van der Waals surface area contributed by atoms with Gasteiger partial charge >= 0.3 is 6.03 Å². The number of nitrogens with zero attached hydrogens (tertiary/aromatic N) is 1. The van der Waals surface area contributed by atoms with Gasteiger partial charge in [0.25, 0.3) is 0 Å². The topological polar surface area (TPSA) is 67.2 Å². The molecular weight excluding hydrogens is 249 g/mol. The second-order valence-corrected chi connectivity index (χ2v) is 4.09. The number of hydrogen-bond acceptors (Lipinski definition) is 3. The number of halogens is 1. The number of rotatable bonds is 4. The Morgan fingerprint density at radius 1 is 1.26 bits per heavy atom. The standard InChI is InChI=1S/C13H14FN3O2/c1-9-6-12(17-19-9)8-16-13(18)15-7-10-2-4-11(14)5-3-10/h2-6H,7-8H2,1H3,(H2,15,16,18). The molecule has 2 N–H and O–H groups in total. The molecule has 6 heteroatoms. The van der Waals surface area contributed by atoms with Gasteiger partial charge in [0.15, 0.2) is 0 Å². The van der Waals surface area contributed by atoms with Crippen LogP contribution in [0.2, 0.25) is 0 Å². The van der Waals surface area contributed by atoms with Gasteiger partial charge in [0.1, 0.15) is 17.3 Å². The second kappa shape index (κ2) is 5.99. The molecule has 0 saturated heterocycles. The Bertz CT molecular complexity index is 551. The van der Waals surface area contributed by atoms with Crippen LogP contribution < -0.4 is 10.6 Å². The first-order valence-electron chi connectivity index (χ1n) is 5.82. The molecule has 0 radical (unpaired) electrons. The Morgan fingerprint density at radius 2 is 1.95 bits per heavy atom. The molecule has 19 heavy (non-hydrogen) atoms. The molecular formula is C13H14FN3O2. The molecule has 0 aliphatic heterocycles. The van der Waals surface area contributed by atoms with Crippen molar-refractivity contribution in [2.45, 2.75) is 20.0 Å². The molecule has 1 aromatic heterocycles. The van der Waals surface area contributed by atoms with Crippen LogP contribution in [0.25, 0.3) is 0 Å². The van der Waals surface area contributed by atoms with Crippen LogP contribution in [0.1, 0.15) is 17.0 Å². The van der Waals surface area contributed by atoms with Gasteiger partial charge in [-0.2, -0.15) is 0 Å². The molecule has 2 aromatic rings. The van der Waals surface area contributed by atoms with Crippen molar-refractivity contribution in [2.75, 3.05) is 0 Å². The van der Waals surface area contributed by atoms with Crippen molar-refractivity contribution in [3.8, 4) is 0 Å². The van der Waals surface area contributed by atoms with Gasteiger partial charge in [0, 0.05) is 12.6 Å². The number of hydrogen-bond donors (Lipinski definition) is 2.